The molecule has 1 N–H and O–H groups in total. The summed E-state index contributed by atoms with van der Waals surface area (Å²) in [7, 11) is 0. The summed E-state index contributed by atoms with van der Waals surface area (Å²) in [6, 6.07) is 9.26. The number of likely N-dealkylation sites (tertiary alicyclic amines) is 1. The van der Waals surface area contributed by atoms with Gasteiger partial charge in [-0.3, -0.25) is 9.59 Å². The first-order chi connectivity index (χ1) is 9.16. The maximum absolute atomic E-state index is 12.3. The van der Waals surface area contributed by atoms with Gasteiger partial charge in [0.1, 0.15) is 0 Å². The molecule has 0 spiro atoms. The van der Waals surface area contributed by atoms with Crippen LogP contribution < -0.4 is 0 Å². The lowest BCUT2D eigenvalue weighted by Gasteiger charge is -2.32. The molecule has 1 fully saturated rings. The van der Waals surface area contributed by atoms with Gasteiger partial charge in [0.05, 0.1) is 0 Å². The van der Waals surface area contributed by atoms with Crippen LogP contribution in [-0.2, 0) is 4.79 Å². The van der Waals surface area contributed by atoms with Crippen molar-refractivity contribution in [1.29, 1.82) is 0 Å². The Labute approximate surface area is 113 Å². The zero-order valence-corrected chi connectivity index (χ0v) is 10.9. The number of piperidine rings is 1. The Hall–Kier alpha value is -1.84. The number of carboxylic acids is 1. The van der Waals surface area contributed by atoms with Gasteiger partial charge < -0.3 is 10.0 Å². The zero-order chi connectivity index (χ0) is 13.7. The van der Waals surface area contributed by atoms with E-state index in [1.54, 1.807) is 0 Å². The second kappa shape index (κ2) is 6.36. The topological polar surface area (TPSA) is 57.6 Å². The number of carbonyl (C=O) groups excluding carboxylic acids is 1. The number of amides is 1. The maximum Gasteiger partial charge on any atom is 0.303 e. The highest BCUT2D eigenvalue weighted by molar-refractivity contribution is 5.94. The van der Waals surface area contributed by atoms with Crippen molar-refractivity contribution < 1.29 is 14.7 Å². The molecule has 1 amide bonds. The largest absolute Gasteiger partial charge is 0.481 e. The predicted octanol–water partition coefficient (Wildman–Crippen LogP) is 2.40. The lowest BCUT2D eigenvalue weighted by Crippen LogP contribution is -2.40. The molecular formula is C15H19NO3. The average molecular weight is 261 g/mol. The molecule has 0 radical (unpaired) electrons. The van der Waals surface area contributed by atoms with E-state index in [2.05, 4.69) is 0 Å². The van der Waals surface area contributed by atoms with Crippen molar-refractivity contribution in [2.75, 3.05) is 13.1 Å². The van der Waals surface area contributed by atoms with Gasteiger partial charge in [-0.15, -0.1) is 0 Å². The highest BCUT2D eigenvalue weighted by atomic mass is 16.4. The van der Waals surface area contributed by atoms with E-state index in [1.807, 2.05) is 35.2 Å². The van der Waals surface area contributed by atoms with Gasteiger partial charge in [-0.25, -0.2) is 0 Å². The fourth-order valence-corrected chi connectivity index (χ4v) is 2.58. The monoisotopic (exact) mass is 261 g/mol. The highest BCUT2D eigenvalue weighted by Gasteiger charge is 2.24. The Morgan fingerprint density at radius 2 is 2.00 bits per heavy atom. The predicted molar refractivity (Wildman–Crippen MR) is 71.9 cm³/mol. The van der Waals surface area contributed by atoms with Crippen LogP contribution in [0.1, 0.15) is 36.0 Å². The molecule has 0 bridgehead atoms. The summed E-state index contributed by atoms with van der Waals surface area (Å²) in [5, 5.41) is 8.72. The third-order valence-electron chi connectivity index (χ3n) is 3.59. The molecule has 1 unspecified atom stereocenters. The summed E-state index contributed by atoms with van der Waals surface area (Å²) < 4.78 is 0. The minimum atomic E-state index is -0.758. The molecule has 1 aromatic rings. The lowest BCUT2D eigenvalue weighted by atomic mass is 9.93. The number of hydrogen-bond donors (Lipinski definition) is 1. The first-order valence-electron chi connectivity index (χ1n) is 6.73. The number of carbonyl (C=O) groups is 2. The van der Waals surface area contributed by atoms with Crippen LogP contribution >= 0.6 is 0 Å². The van der Waals surface area contributed by atoms with Gasteiger partial charge in [-0.2, -0.15) is 0 Å². The molecule has 19 heavy (non-hydrogen) atoms. The first kappa shape index (κ1) is 13.6. The van der Waals surface area contributed by atoms with Gasteiger partial charge in [0.2, 0.25) is 0 Å². The van der Waals surface area contributed by atoms with Gasteiger partial charge in [0, 0.05) is 25.1 Å². The number of benzene rings is 1. The second-order valence-corrected chi connectivity index (χ2v) is 5.06. The fourth-order valence-electron chi connectivity index (χ4n) is 2.58. The minimum Gasteiger partial charge on any atom is -0.481 e. The Kier molecular flexibility index (Phi) is 4.55. The molecule has 1 saturated heterocycles. The van der Waals surface area contributed by atoms with Crippen molar-refractivity contribution >= 4 is 11.9 Å². The Bertz CT molecular complexity index is 444. The molecule has 1 heterocycles. The van der Waals surface area contributed by atoms with E-state index in [9.17, 15) is 9.59 Å². The number of hydrogen-bond acceptors (Lipinski definition) is 2. The third-order valence-corrected chi connectivity index (χ3v) is 3.59. The first-order valence-corrected chi connectivity index (χ1v) is 6.73. The van der Waals surface area contributed by atoms with Crippen LogP contribution in [0, 0.1) is 5.92 Å². The summed E-state index contributed by atoms with van der Waals surface area (Å²) in [6.07, 6.45) is 2.83. The van der Waals surface area contributed by atoms with Gasteiger partial charge in [0.15, 0.2) is 0 Å². The molecule has 102 valence electrons. The molecule has 1 aromatic carbocycles. The number of aliphatic carboxylic acids is 1. The summed E-state index contributed by atoms with van der Waals surface area (Å²) in [5.74, 6) is -0.385. The van der Waals surface area contributed by atoms with Crippen molar-refractivity contribution in [2.24, 2.45) is 5.92 Å². The average Bonchev–Trinajstić information content (AvgIpc) is 2.45. The smallest absolute Gasteiger partial charge is 0.303 e. The fraction of sp³-hybridized carbons (Fsp3) is 0.467. The Balaban J connectivity index is 1.93. The molecule has 2 rings (SSSR count). The maximum atomic E-state index is 12.3. The number of carboxylic acid groups (broad SMARTS) is 1. The molecular weight excluding hydrogens is 242 g/mol. The van der Waals surface area contributed by atoms with Gasteiger partial charge in [-0.05, 0) is 37.3 Å². The quantitative estimate of drug-likeness (QED) is 0.905. The van der Waals surface area contributed by atoms with Crippen molar-refractivity contribution in [3.63, 3.8) is 0 Å². The Morgan fingerprint density at radius 3 is 2.68 bits per heavy atom. The van der Waals surface area contributed by atoms with Crippen molar-refractivity contribution in [3.05, 3.63) is 35.9 Å². The van der Waals surface area contributed by atoms with E-state index in [4.69, 9.17) is 5.11 Å². The molecule has 4 heteroatoms. The summed E-state index contributed by atoms with van der Waals surface area (Å²) in [5.41, 5.74) is 0.710. The molecule has 0 aromatic heterocycles. The van der Waals surface area contributed by atoms with Crippen LogP contribution in [0.2, 0.25) is 0 Å². The Morgan fingerprint density at radius 1 is 1.26 bits per heavy atom. The normalized spacial score (nSPS) is 19.2. The molecule has 0 aliphatic carbocycles. The van der Waals surface area contributed by atoms with Crippen LogP contribution in [0.3, 0.4) is 0 Å². The van der Waals surface area contributed by atoms with Crippen molar-refractivity contribution in [1.82, 2.24) is 4.90 Å². The highest BCUT2D eigenvalue weighted by Crippen LogP contribution is 2.22. The number of nitrogens with zero attached hydrogens (tertiary/aromatic N) is 1. The van der Waals surface area contributed by atoms with E-state index in [-0.39, 0.29) is 12.3 Å². The van der Waals surface area contributed by atoms with Gasteiger partial charge >= 0.3 is 5.97 Å². The number of rotatable bonds is 4. The summed E-state index contributed by atoms with van der Waals surface area (Å²) in [4.78, 5) is 24.7. The molecule has 0 saturated carbocycles. The van der Waals surface area contributed by atoms with Crippen LogP contribution in [0.4, 0.5) is 0 Å². The van der Waals surface area contributed by atoms with Crippen molar-refractivity contribution in [3.8, 4) is 0 Å². The van der Waals surface area contributed by atoms with Gasteiger partial charge in [-0.1, -0.05) is 18.2 Å². The van der Waals surface area contributed by atoms with E-state index in [1.165, 1.54) is 0 Å². The van der Waals surface area contributed by atoms with Gasteiger partial charge in [0.25, 0.3) is 5.91 Å². The second-order valence-electron chi connectivity index (χ2n) is 5.06. The van der Waals surface area contributed by atoms with Crippen LogP contribution in [0.15, 0.2) is 30.3 Å². The standard InChI is InChI=1S/C15H19NO3/c17-14(18)9-8-12-5-4-10-16(11-12)15(19)13-6-2-1-3-7-13/h1-3,6-7,12H,4-5,8-11H2,(H,17,18). The third kappa shape index (κ3) is 3.81. The summed E-state index contributed by atoms with van der Waals surface area (Å²) >= 11 is 0. The molecule has 4 nitrogen and oxygen atoms in total. The van der Waals surface area contributed by atoms with Crippen molar-refractivity contribution in [2.45, 2.75) is 25.7 Å². The van der Waals surface area contributed by atoms with E-state index in [0.717, 1.165) is 19.4 Å². The SMILES string of the molecule is O=C(O)CCC1CCCN(C(=O)c2ccccc2)C1. The van der Waals surface area contributed by atoms with Crippen LogP contribution in [0.25, 0.3) is 0 Å². The van der Waals surface area contributed by atoms with E-state index < -0.39 is 5.97 Å². The molecule has 1 aliphatic rings. The van der Waals surface area contributed by atoms with E-state index in [0.29, 0.717) is 24.4 Å². The lowest BCUT2D eigenvalue weighted by molar-refractivity contribution is -0.137. The molecule has 1 aliphatic heterocycles. The summed E-state index contributed by atoms with van der Waals surface area (Å²) in [6.45, 7) is 1.46. The molecule has 1 atom stereocenters. The minimum absolute atomic E-state index is 0.0561. The van der Waals surface area contributed by atoms with Crippen LogP contribution in [-0.4, -0.2) is 35.0 Å². The van der Waals surface area contributed by atoms with Crippen LogP contribution in [0.5, 0.6) is 0 Å². The zero-order valence-electron chi connectivity index (χ0n) is 10.9. The van der Waals surface area contributed by atoms with E-state index >= 15 is 0 Å².